The van der Waals surface area contributed by atoms with E-state index in [0.717, 1.165) is 17.7 Å². The Bertz CT molecular complexity index is 474. The molecule has 1 rings (SSSR count). The number of aliphatic hydroxyl groups is 1. The number of ketones is 1. The van der Waals surface area contributed by atoms with Crippen molar-refractivity contribution in [1.29, 1.82) is 0 Å². The maximum Gasteiger partial charge on any atom is 0.283 e. The van der Waals surface area contributed by atoms with E-state index in [9.17, 15) is 14.7 Å². The fourth-order valence-corrected chi connectivity index (χ4v) is 1.84. The second-order valence-corrected chi connectivity index (χ2v) is 5.71. The minimum atomic E-state index is -0.567. The number of ether oxygens (including phenoxy) is 1. The number of aliphatic hydroxyl groups excluding tert-OH is 1. The van der Waals surface area contributed by atoms with E-state index < -0.39 is 6.10 Å². The fourth-order valence-electron chi connectivity index (χ4n) is 1.64. The van der Waals surface area contributed by atoms with E-state index >= 15 is 0 Å². The lowest BCUT2D eigenvalue weighted by atomic mass is 10.2. The van der Waals surface area contributed by atoms with Gasteiger partial charge in [-0.05, 0) is 39.3 Å². The minimum absolute atomic E-state index is 0.0958. The molecule has 0 spiro atoms. The molecule has 130 valence electrons. The molecule has 6 heteroatoms. The Labute approximate surface area is 144 Å². The van der Waals surface area contributed by atoms with Crippen LogP contribution in [0.25, 0.3) is 0 Å². The van der Waals surface area contributed by atoms with Crippen molar-refractivity contribution in [2.75, 3.05) is 24.7 Å². The maximum absolute atomic E-state index is 11.2. The van der Waals surface area contributed by atoms with Crippen LogP contribution in [0.1, 0.15) is 32.8 Å². The van der Waals surface area contributed by atoms with Crippen molar-refractivity contribution < 1.29 is 19.4 Å². The standard InChI is InChI=1S/C11H15NO2S.C6H12O2/c1-8-3-5-10(6-4-8)12(11(14)15)7-9(2)13;1-3-4-8-5-6(2)7/h3-6,9,13H,7H2,1-2H3,(H,14,15);3-5H2,1-2H3/t9-;/m1./s1. The second kappa shape index (κ2) is 12.1. The Morgan fingerprint density at radius 1 is 1.30 bits per heavy atom. The van der Waals surface area contributed by atoms with Crippen LogP contribution in [0.3, 0.4) is 0 Å². The van der Waals surface area contributed by atoms with Crippen molar-refractivity contribution in [3.63, 3.8) is 0 Å². The highest BCUT2D eigenvalue weighted by atomic mass is 32.1. The molecule has 23 heavy (non-hydrogen) atoms. The number of carbonyl (C=O) groups excluding carboxylic acids is 2. The highest BCUT2D eigenvalue weighted by molar-refractivity contribution is 7.96. The van der Waals surface area contributed by atoms with Gasteiger partial charge in [0.2, 0.25) is 0 Å². The zero-order valence-electron chi connectivity index (χ0n) is 14.3. The van der Waals surface area contributed by atoms with E-state index in [-0.39, 0.29) is 24.2 Å². The van der Waals surface area contributed by atoms with Gasteiger partial charge in [-0.25, -0.2) is 0 Å². The number of hydrogen-bond donors (Lipinski definition) is 2. The van der Waals surface area contributed by atoms with E-state index in [0.29, 0.717) is 6.61 Å². The zero-order chi connectivity index (χ0) is 17.8. The zero-order valence-corrected chi connectivity index (χ0v) is 15.2. The highest BCUT2D eigenvalue weighted by Crippen LogP contribution is 2.17. The lowest BCUT2D eigenvalue weighted by Gasteiger charge is -2.21. The molecule has 0 saturated carbocycles. The van der Waals surface area contributed by atoms with Crippen molar-refractivity contribution >= 4 is 29.3 Å². The summed E-state index contributed by atoms with van der Waals surface area (Å²) in [5.74, 6) is 0.0958. The van der Waals surface area contributed by atoms with Crippen molar-refractivity contribution in [2.45, 2.75) is 40.2 Å². The Morgan fingerprint density at radius 3 is 2.26 bits per heavy atom. The number of anilines is 1. The fraction of sp³-hybridized carbons (Fsp3) is 0.529. The van der Waals surface area contributed by atoms with Gasteiger partial charge in [0.1, 0.15) is 6.61 Å². The first-order chi connectivity index (χ1) is 10.8. The molecule has 1 N–H and O–H groups in total. The number of carbonyl (C=O) groups is 2. The molecular weight excluding hydrogens is 314 g/mol. The first kappa shape index (κ1) is 21.6. The van der Waals surface area contributed by atoms with E-state index in [1.54, 1.807) is 6.92 Å². The smallest absolute Gasteiger partial charge is 0.283 e. The molecule has 0 unspecified atom stereocenters. The number of amides is 1. The Kier molecular flexibility index (Phi) is 11.4. The number of benzene rings is 1. The summed E-state index contributed by atoms with van der Waals surface area (Å²) in [5.41, 5.74) is 1.88. The highest BCUT2D eigenvalue weighted by Gasteiger charge is 2.13. The molecule has 1 aromatic rings. The monoisotopic (exact) mass is 341 g/mol. The average Bonchev–Trinajstić information content (AvgIpc) is 2.46. The van der Waals surface area contributed by atoms with E-state index in [1.807, 2.05) is 38.1 Å². The van der Waals surface area contributed by atoms with Crippen molar-refractivity contribution in [1.82, 2.24) is 0 Å². The summed E-state index contributed by atoms with van der Waals surface area (Å²) in [6.07, 6.45) is 0.412. The molecule has 0 bridgehead atoms. The van der Waals surface area contributed by atoms with Gasteiger partial charge < -0.3 is 14.7 Å². The predicted molar refractivity (Wildman–Crippen MR) is 96.4 cm³/mol. The third-order valence-electron chi connectivity index (χ3n) is 2.68. The molecule has 0 saturated heterocycles. The first-order valence-electron chi connectivity index (χ1n) is 7.60. The van der Waals surface area contributed by atoms with E-state index in [1.165, 1.54) is 11.8 Å². The van der Waals surface area contributed by atoms with Crippen LogP contribution >= 0.6 is 12.6 Å². The van der Waals surface area contributed by atoms with Gasteiger partial charge in [0.05, 0.1) is 12.6 Å². The Hall–Kier alpha value is -1.37. The minimum Gasteiger partial charge on any atom is -0.392 e. The van der Waals surface area contributed by atoms with Crippen LogP contribution in [0, 0.1) is 6.92 Å². The molecule has 1 atom stereocenters. The summed E-state index contributed by atoms with van der Waals surface area (Å²) in [5, 5.41) is 8.90. The first-order valence-corrected chi connectivity index (χ1v) is 8.05. The van der Waals surface area contributed by atoms with Crippen LogP contribution in [-0.4, -0.2) is 42.0 Å². The van der Waals surface area contributed by atoms with Crippen LogP contribution in [0.5, 0.6) is 0 Å². The third kappa shape index (κ3) is 10.9. The molecule has 0 aliphatic heterocycles. The van der Waals surface area contributed by atoms with Gasteiger partial charge in [0.25, 0.3) is 5.24 Å². The van der Waals surface area contributed by atoms with Crippen LogP contribution in [-0.2, 0) is 9.53 Å². The topological polar surface area (TPSA) is 66.8 Å². The Balaban J connectivity index is 0.000000515. The van der Waals surface area contributed by atoms with Gasteiger partial charge in [-0.15, -0.1) is 0 Å². The van der Waals surface area contributed by atoms with Crippen molar-refractivity contribution in [2.24, 2.45) is 0 Å². The van der Waals surface area contributed by atoms with E-state index in [4.69, 9.17) is 4.74 Å². The second-order valence-electron chi connectivity index (χ2n) is 5.33. The molecule has 5 nitrogen and oxygen atoms in total. The molecule has 0 aliphatic carbocycles. The normalized spacial score (nSPS) is 11.2. The van der Waals surface area contributed by atoms with Gasteiger partial charge in [-0.1, -0.05) is 37.2 Å². The Morgan fingerprint density at radius 2 is 1.87 bits per heavy atom. The van der Waals surface area contributed by atoms with Gasteiger partial charge >= 0.3 is 0 Å². The van der Waals surface area contributed by atoms with Crippen LogP contribution in [0.15, 0.2) is 24.3 Å². The summed E-state index contributed by atoms with van der Waals surface area (Å²) in [4.78, 5) is 22.9. The van der Waals surface area contributed by atoms with E-state index in [2.05, 4.69) is 12.6 Å². The number of rotatable bonds is 7. The van der Waals surface area contributed by atoms with Crippen molar-refractivity contribution in [3.05, 3.63) is 29.8 Å². The summed E-state index contributed by atoms with van der Waals surface area (Å²) >= 11 is 3.78. The van der Waals surface area contributed by atoms with Gasteiger partial charge in [-0.2, -0.15) is 0 Å². The van der Waals surface area contributed by atoms with Crippen LogP contribution in [0.4, 0.5) is 10.5 Å². The van der Waals surface area contributed by atoms with Gasteiger partial charge in [0, 0.05) is 12.3 Å². The molecule has 0 fully saturated rings. The number of Topliss-reactive ketones (excluding diaryl/α,β-unsaturated/α-hetero) is 1. The molecule has 0 aromatic heterocycles. The van der Waals surface area contributed by atoms with Crippen LogP contribution < -0.4 is 4.90 Å². The lowest BCUT2D eigenvalue weighted by Crippen LogP contribution is -2.33. The third-order valence-corrected chi connectivity index (χ3v) is 2.92. The quantitative estimate of drug-likeness (QED) is 0.590. The van der Waals surface area contributed by atoms with Crippen LogP contribution in [0.2, 0.25) is 0 Å². The molecule has 1 aromatic carbocycles. The van der Waals surface area contributed by atoms with Gasteiger partial charge in [-0.3, -0.25) is 9.59 Å². The summed E-state index contributed by atoms with van der Waals surface area (Å²) in [6.45, 7) is 8.37. The lowest BCUT2D eigenvalue weighted by molar-refractivity contribution is -0.121. The number of aryl methyl sites for hydroxylation is 1. The summed E-state index contributed by atoms with van der Waals surface area (Å²) < 4.78 is 4.89. The molecule has 0 radical (unpaired) electrons. The summed E-state index contributed by atoms with van der Waals surface area (Å²) in [7, 11) is 0. The number of hydrogen-bond acceptors (Lipinski definition) is 4. The van der Waals surface area contributed by atoms with Gasteiger partial charge in [0.15, 0.2) is 5.78 Å². The molecule has 0 heterocycles. The van der Waals surface area contributed by atoms with Crippen molar-refractivity contribution in [3.8, 4) is 0 Å². The predicted octanol–water partition coefficient (Wildman–Crippen LogP) is 3.23. The molecular formula is C17H27NO4S. The number of nitrogens with zero attached hydrogens (tertiary/aromatic N) is 1. The SMILES string of the molecule is CCCOCC(C)=O.Cc1ccc(N(C[C@@H](C)O)C(=O)S)cc1. The summed E-state index contributed by atoms with van der Waals surface area (Å²) in [6, 6.07) is 7.51. The molecule has 1 amide bonds. The average molecular weight is 341 g/mol. The molecule has 0 aliphatic rings. The number of thiol groups is 1. The largest absolute Gasteiger partial charge is 0.392 e. The maximum atomic E-state index is 11.2.